The van der Waals surface area contributed by atoms with Crippen LogP contribution in [0.3, 0.4) is 0 Å². The van der Waals surface area contributed by atoms with Gasteiger partial charge in [0.05, 0.1) is 18.1 Å². The van der Waals surface area contributed by atoms with E-state index >= 15 is 0 Å². The van der Waals surface area contributed by atoms with Gasteiger partial charge in [-0.05, 0) is 32.9 Å². The third kappa shape index (κ3) is 3.25. The molecule has 2 rings (SSSR count). The van der Waals surface area contributed by atoms with Crippen molar-refractivity contribution in [2.45, 2.75) is 39.8 Å². The van der Waals surface area contributed by atoms with Crippen LogP contribution in [0, 0.1) is 19.7 Å². The monoisotopic (exact) mass is 275 g/mol. The van der Waals surface area contributed by atoms with E-state index in [-0.39, 0.29) is 11.9 Å². The van der Waals surface area contributed by atoms with Gasteiger partial charge in [-0.1, -0.05) is 25.1 Å². The lowest BCUT2D eigenvalue weighted by molar-refractivity contribution is 0.440. The predicted molar refractivity (Wildman–Crippen MR) is 79.1 cm³/mol. The van der Waals surface area contributed by atoms with Crippen molar-refractivity contribution in [3.63, 3.8) is 0 Å². The molecule has 0 spiro atoms. The standard InChI is InChI=1S/C16H22FN3/c1-4-9-18-16(14-7-5-6-8-15(14)17)10-20-11-19-12(2)13(20)3/h5-8,11,16,18H,4,9-10H2,1-3H3. The summed E-state index contributed by atoms with van der Waals surface area (Å²) in [5, 5.41) is 3.42. The van der Waals surface area contributed by atoms with Crippen LogP contribution in [0.1, 0.15) is 36.3 Å². The third-order valence-corrected chi connectivity index (χ3v) is 3.65. The second-order valence-electron chi connectivity index (χ2n) is 5.10. The molecule has 0 saturated carbocycles. The number of nitrogens with one attached hydrogen (secondary N) is 1. The highest BCUT2D eigenvalue weighted by atomic mass is 19.1. The fraction of sp³-hybridized carbons (Fsp3) is 0.438. The maximum Gasteiger partial charge on any atom is 0.128 e. The fourth-order valence-electron chi connectivity index (χ4n) is 2.27. The first-order valence-electron chi connectivity index (χ1n) is 7.09. The van der Waals surface area contributed by atoms with Gasteiger partial charge in [0, 0.05) is 17.8 Å². The molecule has 0 bridgehead atoms. The Hall–Kier alpha value is -1.68. The topological polar surface area (TPSA) is 29.9 Å². The normalized spacial score (nSPS) is 12.6. The van der Waals surface area contributed by atoms with Crippen LogP contribution in [-0.4, -0.2) is 16.1 Å². The first-order valence-corrected chi connectivity index (χ1v) is 7.09. The molecule has 20 heavy (non-hydrogen) atoms. The van der Waals surface area contributed by atoms with E-state index in [0.29, 0.717) is 12.1 Å². The SMILES string of the molecule is CCCNC(Cn1cnc(C)c1C)c1ccccc1F. The van der Waals surface area contributed by atoms with Crippen LogP contribution < -0.4 is 5.32 Å². The third-order valence-electron chi connectivity index (χ3n) is 3.65. The number of hydrogen-bond donors (Lipinski definition) is 1. The molecular formula is C16H22FN3. The van der Waals surface area contributed by atoms with E-state index in [4.69, 9.17) is 0 Å². The lowest BCUT2D eigenvalue weighted by Crippen LogP contribution is -2.27. The number of benzene rings is 1. The minimum Gasteiger partial charge on any atom is -0.333 e. The van der Waals surface area contributed by atoms with Crippen molar-refractivity contribution in [3.8, 4) is 0 Å². The molecule has 3 nitrogen and oxygen atoms in total. The van der Waals surface area contributed by atoms with E-state index < -0.39 is 0 Å². The summed E-state index contributed by atoms with van der Waals surface area (Å²) in [7, 11) is 0. The fourth-order valence-corrected chi connectivity index (χ4v) is 2.27. The van der Waals surface area contributed by atoms with Crippen LogP contribution >= 0.6 is 0 Å². The summed E-state index contributed by atoms with van der Waals surface area (Å²) in [5.74, 6) is -0.157. The molecule has 0 fully saturated rings. The largest absolute Gasteiger partial charge is 0.333 e. The van der Waals surface area contributed by atoms with Crippen molar-refractivity contribution < 1.29 is 4.39 Å². The van der Waals surface area contributed by atoms with E-state index in [9.17, 15) is 4.39 Å². The molecule has 108 valence electrons. The van der Waals surface area contributed by atoms with Crippen LogP contribution in [0.15, 0.2) is 30.6 Å². The molecular weight excluding hydrogens is 253 g/mol. The van der Waals surface area contributed by atoms with Crippen molar-refractivity contribution in [2.75, 3.05) is 6.54 Å². The summed E-state index contributed by atoms with van der Waals surface area (Å²) in [6.45, 7) is 7.70. The molecule has 1 heterocycles. The van der Waals surface area contributed by atoms with Crippen molar-refractivity contribution in [1.29, 1.82) is 0 Å². The van der Waals surface area contributed by atoms with E-state index in [1.54, 1.807) is 6.07 Å². The average Bonchev–Trinajstić information content (AvgIpc) is 2.76. The van der Waals surface area contributed by atoms with Crippen LogP contribution in [0.25, 0.3) is 0 Å². The van der Waals surface area contributed by atoms with Crippen molar-refractivity contribution >= 4 is 0 Å². The number of imidazole rings is 1. The molecule has 0 aliphatic carbocycles. The summed E-state index contributed by atoms with van der Waals surface area (Å²) in [6, 6.07) is 6.93. The first kappa shape index (κ1) is 14.7. The van der Waals surface area contributed by atoms with Gasteiger partial charge in [-0.2, -0.15) is 0 Å². The molecule has 1 aromatic heterocycles. The van der Waals surface area contributed by atoms with Gasteiger partial charge in [-0.3, -0.25) is 0 Å². The zero-order valence-electron chi connectivity index (χ0n) is 12.4. The van der Waals surface area contributed by atoms with Gasteiger partial charge in [-0.15, -0.1) is 0 Å². The zero-order valence-corrected chi connectivity index (χ0v) is 12.4. The van der Waals surface area contributed by atoms with E-state index in [1.165, 1.54) is 6.07 Å². The van der Waals surface area contributed by atoms with E-state index in [1.807, 2.05) is 32.3 Å². The van der Waals surface area contributed by atoms with Gasteiger partial charge in [0.25, 0.3) is 0 Å². The Morgan fingerprint density at radius 2 is 2.05 bits per heavy atom. The minimum absolute atomic E-state index is 0.0385. The highest BCUT2D eigenvalue weighted by molar-refractivity contribution is 5.21. The van der Waals surface area contributed by atoms with E-state index in [2.05, 4.69) is 21.8 Å². The van der Waals surface area contributed by atoms with Crippen LogP contribution in [-0.2, 0) is 6.54 Å². The molecule has 0 radical (unpaired) electrons. The lowest BCUT2D eigenvalue weighted by Gasteiger charge is -2.21. The highest BCUT2D eigenvalue weighted by Crippen LogP contribution is 2.20. The zero-order chi connectivity index (χ0) is 14.5. The quantitative estimate of drug-likeness (QED) is 0.876. The number of rotatable bonds is 6. The molecule has 0 aliphatic rings. The number of halogens is 1. The second kappa shape index (κ2) is 6.66. The van der Waals surface area contributed by atoms with Gasteiger partial charge in [0.15, 0.2) is 0 Å². The van der Waals surface area contributed by atoms with Gasteiger partial charge < -0.3 is 9.88 Å². The van der Waals surface area contributed by atoms with Crippen molar-refractivity contribution in [2.24, 2.45) is 0 Å². The van der Waals surface area contributed by atoms with Gasteiger partial charge in [0.1, 0.15) is 5.82 Å². The van der Waals surface area contributed by atoms with Crippen LogP contribution in [0.4, 0.5) is 4.39 Å². The molecule has 1 N–H and O–H groups in total. The maximum absolute atomic E-state index is 14.0. The molecule has 4 heteroatoms. The molecule has 0 aliphatic heterocycles. The molecule has 2 aromatic rings. The van der Waals surface area contributed by atoms with Crippen molar-refractivity contribution in [3.05, 3.63) is 53.4 Å². The minimum atomic E-state index is -0.157. The first-order chi connectivity index (χ1) is 9.63. The van der Waals surface area contributed by atoms with Crippen molar-refractivity contribution in [1.82, 2.24) is 14.9 Å². The Morgan fingerprint density at radius 1 is 1.30 bits per heavy atom. The number of aromatic nitrogens is 2. The van der Waals surface area contributed by atoms with E-state index in [0.717, 1.165) is 24.4 Å². The van der Waals surface area contributed by atoms with Crippen LogP contribution in [0.2, 0.25) is 0 Å². The molecule has 1 atom stereocenters. The molecule has 0 amide bonds. The predicted octanol–water partition coefficient (Wildman–Crippen LogP) is 3.38. The van der Waals surface area contributed by atoms with Gasteiger partial charge in [0.2, 0.25) is 0 Å². The summed E-state index contributed by atoms with van der Waals surface area (Å²) in [4.78, 5) is 4.31. The average molecular weight is 275 g/mol. The van der Waals surface area contributed by atoms with Crippen LogP contribution in [0.5, 0.6) is 0 Å². The maximum atomic E-state index is 14.0. The Morgan fingerprint density at radius 3 is 2.65 bits per heavy atom. The molecule has 0 saturated heterocycles. The lowest BCUT2D eigenvalue weighted by atomic mass is 10.1. The summed E-state index contributed by atoms with van der Waals surface area (Å²) >= 11 is 0. The molecule has 1 aromatic carbocycles. The summed E-state index contributed by atoms with van der Waals surface area (Å²) in [5.41, 5.74) is 2.86. The van der Waals surface area contributed by atoms with Gasteiger partial charge in [-0.25, -0.2) is 9.37 Å². The Kier molecular flexibility index (Phi) is 4.90. The number of aryl methyl sites for hydroxylation is 1. The number of hydrogen-bond acceptors (Lipinski definition) is 2. The smallest absolute Gasteiger partial charge is 0.128 e. The highest BCUT2D eigenvalue weighted by Gasteiger charge is 2.16. The Balaban J connectivity index is 2.24. The number of nitrogens with zero attached hydrogens (tertiary/aromatic N) is 2. The molecule has 1 unspecified atom stereocenters. The summed E-state index contributed by atoms with van der Waals surface area (Å²) in [6.07, 6.45) is 2.85. The second-order valence-corrected chi connectivity index (χ2v) is 5.10. The Labute approximate surface area is 119 Å². The van der Waals surface area contributed by atoms with Gasteiger partial charge >= 0.3 is 0 Å². The summed E-state index contributed by atoms with van der Waals surface area (Å²) < 4.78 is 16.1. The Bertz CT molecular complexity index is 563.